The molecule has 16 heavy (non-hydrogen) atoms. The number of halogens is 1. The number of Topliss-reactive ketones (excluding diaryl/α,β-unsaturated/α-hetero) is 1. The van der Waals surface area contributed by atoms with Crippen LogP contribution in [-0.2, 0) is 11.2 Å². The molecule has 1 aromatic rings. The Morgan fingerprint density at radius 2 is 2.25 bits per heavy atom. The van der Waals surface area contributed by atoms with Crippen LogP contribution >= 0.6 is 0 Å². The van der Waals surface area contributed by atoms with Crippen molar-refractivity contribution in [3.63, 3.8) is 0 Å². The van der Waals surface area contributed by atoms with Gasteiger partial charge in [0.15, 0.2) is 17.3 Å². The number of nitrogens with two attached hydrogens (primary N) is 1. The fourth-order valence-corrected chi connectivity index (χ4v) is 1.61. The van der Waals surface area contributed by atoms with Crippen molar-refractivity contribution in [1.82, 2.24) is 0 Å². The van der Waals surface area contributed by atoms with Crippen LogP contribution in [0.4, 0.5) is 4.39 Å². The van der Waals surface area contributed by atoms with Crippen LogP contribution in [0.5, 0.6) is 5.75 Å². The van der Waals surface area contributed by atoms with E-state index in [2.05, 4.69) is 0 Å². The van der Waals surface area contributed by atoms with Crippen molar-refractivity contribution in [2.75, 3.05) is 7.11 Å². The number of hydrogen-bond donors (Lipinski definition) is 1. The van der Waals surface area contributed by atoms with E-state index in [0.29, 0.717) is 18.4 Å². The van der Waals surface area contributed by atoms with Crippen molar-refractivity contribution in [2.24, 2.45) is 5.73 Å². The zero-order valence-electron chi connectivity index (χ0n) is 9.13. The first-order valence-corrected chi connectivity index (χ1v) is 5.20. The molecule has 3 nitrogen and oxygen atoms in total. The van der Waals surface area contributed by atoms with E-state index in [-0.39, 0.29) is 18.0 Å². The summed E-state index contributed by atoms with van der Waals surface area (Å²) in [4.78, 5) is 11.7. The fraction of sp³-hybridized carbons (Fsp3) is 0.417. The lowest BCUT2D eigenvalue weighted by atomic mass is 10.0. The Labute approximate surface area is 93.4 Å². The summed E-state index contributed by atoms with van der Waals surface area (Å²) in [6.45, 7) is 0. The Balaban J connectivity index is 2.18. The lowest BCUT2D eigenvalue weighted by Gasteiger charge is -2.09. The Morgan fingerprint density at radius 1 is 1.56 bits per heavy atom. The highest BCUT2D eigenvalue weighted by Gasteiger charge is 2.45. The second kappa shape index (κ2) is 3.87. The number of hydrogen-bond acceptors (Lipinski definition) is 3. The van der Waals surface area contributed by atoms with Crippen LogP contribution in [0.2, 0.25) is 0 Å². The second-order valence-electron chi connectivity index (χ2n) is 4.19. The summed E-state index contributed by atoms with van der Waals surface area (Å²) in [7, 11) is 1.40. The van der Waals surface area contributed by atoms with Crippen LogP contribution in [0.25, 0.3) is 0 Å². The highest BCUT2D eigenvalue weighted by molar-refractivity contribution is 5.92. The number of rotatable bonds is 4. The van der Waals surface area contributed by atoms with E-state index in [9.17, 15) is 9.18 Å². The van der Waals surface area contributed by atoms with Crippen LogP contribution in [0.3, 0.4) is 0 Å². The maximum absolute atomic E-state index is 13.7. The van der Waals surface area contributed by atoms with Crippen molar-refractivity contribution in [1.29, 1.82) is 0 Å². The molecule has 0 bridgehead atoms. The van der Waals surface area contributed by atoms with Gasteiger partial charge in [0.05, 0.1) is 12.6 Å². The van der Waals surface area contributed by atoms with Crippen LogP contribution in [0, 0.1) is 5.82 Å². The highest BCUT2D eigenvalue weighted by Crippen LogP contribution is 2.34. The minimum atomic E-state index is -0.699. The molecule has 1 saturated carbocycles. The molecule has 2 N–H and O–H groups in total. The first-order valence-electron chi connectivity index (χ1n) is 5.20. The number of carbonyl (C=O) groups is 1. The maximum atomic E-state index is 13.7. The molecular formula is C12H14FNO2. The molecule has 0 heterocycles. The molecule has 1 fully saturated rings. The third-order valence-electron chi connectivity index (χ3n) is 2.96. The zero-order valence-corrected chi connectivity index (χ0v) is 9.13. The first-order chi connectivity index (χ1) is 7.57. The van der Waals surface area contributed by atoms with Crippen LogP contribution in [-0.4, -0.2) is 18.4 Å². The number of ether oxygens (including phenoxy) is 1. The molecule has 0 saturated heterocycles. The molecule has 0 atom stereocenters. The summed E-state index contributed by atoms with van der Waals surface area (Å²) >= 11 is 0. The van der Waals surface area contributed by atoms with Crippen LogP contribution in [0.15, 0.2) is 18.2 Å². The molecule has 86 valence electrons. The monoisotopic (exact) mass is 223 g/mol. The Morgan fingerprint density at radius 3 is 2.81 bits per heavy atom. The van der Waals surface area contributed by atoms with E-state index in [4.69, 9.17) is 10.5 Å². The van der Waals surface area contributed by atoms with Crippen molar-refractivity contribution in [3.05, 3.63) is 29.6 Å². The molecular weight excluding hydrogens is 209 g/mol. The van der Waals surface area contributed by atoms with E-state index in [1.165, 1.54) is 13.2 Å². The smallest absolute Gasteiger partial charge is 0.168 e. The van der Waals surface area contributed by atoms with E-state index in [0.717, 1.165) is 0 Å². The van der Waals surface area contributed by atoms with Gasteiger partial charge >= 0.3 is 0 Å². The number of methoxy groups -OCH3 is 1. The van der Waals surface area contributed by atoms with E-state index in [1.807, 2.05) is 0 Å². The number of carbonyl (C=O) groups excluding carboxylic acids is 1. The quantitative estimate of drug-likeness (QED) is 0.840. The maximum Gasteiger partial charge on any atom is 0.168 e. The van der Waals surface area contributed by atoms with Crippen LogP contribution in [0.1, 0.15) is 18.4 Å². The lowest BCUT2D eigenvalue weighted by molar-refractivity contribution is -0.120. The van der Waals surface area contributed by atoms with Crippen molar-refractivity contribution >= 4 is 5.78 Å². The summed E-state index contributed by atoms with van der Waals surface area (Å²) in [6.07, 6.45) is 1.45. The summed E-state index contributed by atoms with van der Waals surface area (Å²) < 4.78 is 18.6. The topological polar surface area (TPSA) is 52.3 Å². The molecule has 0 amide bonds. The predicted molar refractivity (Wildman–Crippen MR) is 57.8 cm³/mol. The van der Waals surface area contributed by atoms with Gasteiger partial charge in [-0.05, 0) is 24.5 Å². The first kappa shape index (κ1) is 11.1. The molecule has 0 unspecified atom stereocenters. The summed E-state index contributed by atoms with van der Waals surface area (Å²) in [6, 6.07) is 4.78. The predicted octanol–water partition coefficient (Wildman–Crippen LogP) is 1.44. The minimum absolute atomic E-state index is 0.0412. The van der Waals surface area contributed by atoms with Gasteiger partial charge < -0.3 is 10.5 Å². The lowest BCUT2D eigenvalue weighted by Crippen LogP contribution is -2.34. The van der Waals surface area contributed by atoms with Gasteiger partial charge in [-0.1, -0.05) is 12.1 Å². The summed E-state index contributed by atoms with van der Waals surface area (Å²) in [5.74, 6) is -0.408. The fourth-order valence-electron chi connectivity index (χ4n) is 1.61. The second-order valence-corrected chi connectivity index (χ2v) is 4.19. The third kappa shape index (κ3) is 1.93. The Kier molecular flexibility index (Phi) is 2.68. The molecule has 0 radical (unpaired) electrons. The standard InChI is InChI=1S/C12H14FNO2/c1-16-9-4-2-3-8(11(9)13)7-10(15)12(14)5-6-12/h2-4H,5-7,14H2,1H3. The van der Waals surface area contributed by atoms with E-state index < -0.39 is 11.4 Å². The summed E-state index contributed by atoms with van der Waals surface area (Å²) in [5.41, 5.74) is 5.40. The van der Waals surface area contributed by atoms with Crippen molar-refractivity contribution in [3.8, 4) is 5.75 Å². The number of ketones is 1. The van der Waals surface area contributed by atoms with Gasteiger partial charge in [0.2, 0.25) is 0 Å². The normalized spacial score (nSPS) is 16.9. The van der Waals surface area contributed by atoms with Crippen LogP contribution < -0.4 is 10.5 Å². The van der Waals surface area contributed by atoms with E-state index in [1.54, 1.807) is 12.1 Å². The molecule has 1 aromatic carbocycles. The molecule has 1 aliphatic rings. The Hall–Kier alpha value is -1.42. The van der Waals surface area contributed by atoms with Gasteiger partial charge in [-0.3, -0.25) is 4.79 Å². The summed E-state index contributed by atoms with van der Waals surface area (Å²) in [5, 5.41) is 0. The average molecular weight is 223 g/mol. The van der Waals surface area contributed by atoms with Gasteiger partial charge in [0.1, 0.15) is 0 Å². The third-order valence-corrected chi connectivity index (χ3v) is 2.96. The van der Waals surface area contributed by atoms with Gasteiger partial charge in [0, 0.05) is 6.42 Å². The van der Waals surface area contributed by atoms with Gasteiger partial charge in [-0.15, -0.1) is 0 Å². The number of benzene rings is 1. The highest BCUT2D eigenvalue weighted by atomic mass is 19.1. The Bertz CT molecular complexity index is 427. The molecule has 0 spiro atoms. The van der Waals surface area contributed by atoms with Gasteiger partial charge in [-0.2, -0.15) is 0 Å². The molecule has 2 rings (SSSR count). The minimum Gasteiger partial charge on any atom is -0.494 e. The molecule has 0 aromatic heterocycles. The largest absolute Gasteiger partial charge is 0.494 e. The molecule has 4 heteroatoms. The average Bonchev–Trinajstić information content (AvgIpc) is 3.01. The zero-order chi connectivity index (χ0) is 11.8. The SMILES string of the molecule is COc1cccc(CC(=O)C2(N)CC2)c1F. The van der Waals surface area contributed by atoms with E-state index >= 15 is 0 Å². The van der Waals surface area contributed by atoms with Crippen molar-refractivity contribution < 1.29 is 13.9 Å². The molecule has 0 aliphatic heterocycles. The van der Waals surface area contributed by atoms with Gasteiger partial charge in [-0.25, -0.2) is 4.39 Å². The van der Waals surface area contributed by atoms with Gasteiger partial charge in [0.25, 0.3) is 0 Å². The molecule has 1 aliphatic carbocycles. The van der Waals surface area contributed by atoms with Crippen molar-refractivity contribution in [2.45, 2.75) is 24.8 Å².